The van der Waals surface area contributed by atoms with Crippen LogP contribution in [0, 0.1) is 5.92 Å². The molecule has 1 aliphatic carbocycles. The average Bonchev–Trinajstić information content (AvgIpc) is 3.18. The molecule has 2 heteroatoms. The number of unbranched alkanes of at least 4 members (excludes halogenated alkanes) is 3. The van der Waals surface area contributed by atoms with Gasteiger partial charge in [0, 0.05) is 6.04 Å². The van der Waals surface area contributed by atoms with Crippen LogP contribution in [0.5, 0.6) is 0 Å². The third-order valence-corrected chi connectivity index (χ3v) is 4.31. The zero-order chi connectivity index (χ0) is 11.9. The second-order valence-electron chi connectivity index (χ2n) is 6.03. The van der Waals surface area contributed by atoms with Crippen LogP contribution in [0.15, 0.2) is 0 Å². The maximum absolute atomic E-state index is 3.75. The van der Waals surface area contributed by atoms with E-state index in [1.54, 1.807) is 0 Å². The number of rotatable bonds is 8. The number of hydrogen-bond donors (Lipinski definition) is 1. The third-order valence-electron chi connectivity index (χ3n) is 4.31. The number of piperidine rings is 1. The van der Waals surface area contributed by atoms with Gasteiger partial charge in [0.1, 0.15) is 0 Å². The molecule has 17 heavy (non-hydrogen) atoms. The molecule has 2 fully saturated rings. The van der Waals surface area contributed by atoms with Gasteiger partial charge in [0.25, 0.3) is 0 Å². The largest absolute Gasteiger partial charge is 0.314 e. The summed E-state index contributed by atoms with van der Waals surface area (Å²) in [4.78, 5) is 2.67. The molecule has 0 atom stereocenters. The van der Waals surface area contributed by atoms with Crippen LogP contribution in [0.1, 0.15) is 58.3 Å². The monoisotopic (exact) mass is 238 g/mol. The first kappa shape index (κ1) is 13.4. The predicted molar refractivity (Wildman–Crippen MR) is 74.3 cm³/mol. The van der Waals surface area contributed by atoms with Crippen LogP contribution in [0.25, 0.3) is 0 Å². The second-order valence-corrected chi connectivity index (χ2v) is 6.03. The van der Waals surface area contributed by atoms with Crippen molar-refractivity contribution in [3.63, 3.8) is 0 Å². The Balaban J connectivity index is 1.48. The minimum Gasteiger partial charge on any atom is -0.314 e. The Kier molecular flexibility index (Phi) is 5.79. The normalized spacial score (nSPS) is 23.1. The van der Waals surface area contributed by atoms with Crippen LogP contribution >= 0.6 is 0 Å². The van der Waals surface area contributed by atoms with Crippen LogP contribution in [0.4, 0.5) is 0 Å². The molecular weight excluding hydrogens is 208 g/mol. The van der Waals surface area contributed by atoms with E-state index in [4.69, 9.17) is 0 Å². The molecule has 1 saturated heterocycles. The lowest BCUT2D eigenvalue weighted by molar-refractivity contribution is 0.194. The van der Waals surface area contributed by atoms with E-state index in [2.05, 4.69) is 17.1 Å². The van der Waals surface area contributed by atoms with Gasteiger partial charge in [-0.25, -0.2) is 0 Å². The SMILES string of the molecule is CCCCCCN1CCC(NCC2CC2)CC1. The van der Waals surface area contributed by atoms with Crippen LogP contribution in [-0.2, 0) is 0 Å². The van der Waals surface area contributed by atoms with E-state index in [9.17, 15) is 0 Å². The molecule has 1 heterocycles. The zero-order valence-electron chi connectivity index (χ0n) is 11.6. The first-order valence-electron chi connectivity index (χ1n) is 7.84. The Morgan fingerprint density at radius 1 is 1.00 bits per heavy atom. The van der Waals surface area contributed by atoms with Gasteiger partial charge < -0.3 is 10.2 Å². The Hall–Kier alpha value is -0.0800. The summed E-state index contributed by atoms with van der Waals surface area (Å²) in [7, 11) is 0. The molecule has 0 spiro atoms. The van der Waals surface area contributed by atoms with Crippen LogP contribution in [0.3, 0.4) is 0 Å². The standard InChI is InChI=1S/C15H30N2/c1-2-3-4-5-10-17-11-8-15(9-12-17)16-13-14-6-7-14/h14-16H,2-13H2,1H3. The van der Waals surface area contributed by atoms with Crippen LogP contribution in [-0.4, -0.2) is 37.1 Å². The van der Waals surface area contributed by atoms with E-state index in [-0.39, 0.29) is 0 Å². The molecule has 0 bridgehead atoms. The van der Waals surface area contributed by atoms with Crippen molar-refractivity contribution in [1.29, 1.82) is 0 Å². The summed E-state index contributed by atoms with van der Waals surface area (Å²) in [6.07, 6.45) is 11.3. The lowest BCUT2D eigenvalue weighted by Gasteiger charge is -2.32. The van der Waals surface area contributed by atoms with Gasteiger partial charge in [-0.2, -0.15) is 0 Å². The Bertz CT molecular complexity index is 193. The summed E-state index contributed by atoms with van der Waals surface area (Å²) in [6.45, 7) is 7.58. The Morgan fingerprint density at radius 3 is 2.41 bits per heavy atom. The van der Waals surface area contributed by atoms with E-state index in [0.29, 0.717) is 0 Å². The second kappa shape index (κ2) is 7.38. The average molecular weight is 238 g/mol. The zero-order valence-corrected chi connectivity index (χ0v) is 11.6. The number of nitrogens with one attached hydrogen (secondary N) is 1. The molecule has 1 N–H and O–H groups in total. The molecule has 0 aromatic heterocycles. The van der Waals surface area contributed by atoms with E-state index < -0.39 is 0 Å². The summed E-state index contributed by atoms with van der Waals surface area (Å²) in [6, 6.07) is 0.822. The molecule has 2 rings (SSSR count). The Labute approximate surface area is 107 Å². The highest BCUT2D eigenvalue weighted by Gasteiger charge is 2.24. The molecule has 0 aromatic carbocycles. The lowest BCUT2D eigenvalue weighted by atomic mass is 10.0. The summed E-state index contributed by atoms with van der Waals surface area (Å²) in [5, 5.41) is 3.75. The van der Waals surface area contributed by atoms with Gasteiger partial charge >= 0.3 is 0 Å². The summed E-state index contributed by atoms with van der Waals surface area (Å²) in [5.41, 5.74) is 0. The van der Waals surface area contributed by atoms with Gasteiger partial charge in [-0.3, -0.25) is 0 Å². The first-order valence-corrected chi connectivity index (χ1v) is 7.84. The topological polar surface area (TPSA) is 15.3 Å². The van der Waals surface area contributed by atoms with Crippen molar-refractivity contribution in [3.8, 4) is 0 Å². The number of hydrogen-bond acceptors (Lipinski definition) is 2. The maximum atomic E-state index is 3.75. The highest BCUT2D eigenvalue weighted by atomic mass is 15.1. The van der Waals surface area contributed by atoms with Crippen molar-refractivity contribution < 1.29 is 0 Å². The quantitative estimate of drug-likeness (QED) is 0.654. The van der Waals surface area contributed by atoms with Gasteiger partial charge in [0.2, 0.25) is 0 Å². The highest BCUT2D eigenvalue weighted by molar-refractivity contribution is 4.81. The predicted octanol–water partition coefficient (Wildman–Crippen LogP) is 3.03. The van der Waals surface area contributed by atoms with E-state index in [1.807, 2.05) is 0 Å². The molecule has 0 amide bonds. The van der Waals surface area contributed by atoms with E-state index in [0.717, 1.165) is 12.0 Å². The fraction of sp³-hybridized carbons (Fsp3) is 1.00. The fourth-order valence-electron chi connectivity index (χ4n) is 2.78. The van der Waals surface area contributed by atoms with Crippen molar-refractivity contribution in [2.24, 2.45) is 5.92 Å². The van der Waals surface area contributed by atoms with Crippen molar-refractivity contribution in [1.82, 2.24) is 10.2 Å². The summed E-state index contributed by atoms with van der Waals surface area (Å²) < 4.78 is 0. The minimum absolute atomic E-state index is 0.822. The van der Waals surface area contributed by atoms with Gasteiger partial charge in [-0.05, 0) is 64.2 Å². The molecule has 100 valence electrons. The molecular formula is C15H30N2. The van der Waals surface area contributed by atoms with Gasteiger partial charge in [-0.15, -0.1) is 0 Å². The molecule has 0 aromatic rings. The third kappa shape index (κ3) is 5.39. The summed E-state index contributed by atoms with van der Waals surface area (Å²) in [5.74, 6) is 1.03. The van der Waals surface area contributed by atoms with E-state index >= 15 is 0 Å². The molecule has 1 saturated carbocycles. The van der Waals surface area contributed by atoms with Crippen molar-refractivity contribution >= 4 is 0 Å². The van der Waals surface area contributed by atoms with Gasteiger partial charge in [0.05, 0.1) is 0 Å². The number of likely N-dealkylation sites (tertiary alicyclic amines) is 1. The molecule has 0 radical (unpaired) electrons. The maximum Gasteiger partial charge on any atom is 0.00915 e. The summed E-state index contributed by atoms with van der Waals surface area (Å²) >= 11 is 0. The Morgan fingerprint density at radius 2 is 1.76 bits per heavy atom. The fourth-order valence-corrected chi connectivity index (χ4v) is 2.78. The molecule has 0 unspecified atom stereocenters. The van der Waals surface area contributed by atoms with Crippen molar-refractivity contribution in [3.05, 3.63) is 0 Å². The smallest absolute Gasteiger partial charge is 0.00915 e. The molecule has 2 aliphatic rings. The number of nitrogens with zero attached hydrogens (tertiary/aromatic N) is 1. The van der Waals surface area contributed by atoms with Gasteiger partial charge in [0.15, 0.2) is 0 Å². The highest BCUT2D eigenvalue weighted by Crippen LogP contribution is 2.28. The van der Waals surface area contributed by atoms with Crippen LogP contribution < -0.4 is 5.32 Å². The van der Waals surface area contributed by atoms with Crippen molar-refractivity contribution in [2.45, 2.75) is 64.3 Å². The molecule has 2 nitrogen and oxygen atoms in total. The van der Waals surface area contributed by atoms with Crippen LogP contribution in [0.2, 0.25) is 0 Å². The minimum atomic E-state index is 0.822. The first-order chi connectivity index (χ1) is 8.38. The van der Waals surface area contributed by atoms with Gasteiger partial charge in [-0.1, -0.05) is 26.2 Å². The van der Waals surface area contributed by atoms with E-state index in [1.165, 1.54) is 77.5 Å². The van der Waals surface area contributed by atoms with Crippen molar-refractivity contribution in [2.75, 3.05) is 26.2 Å². The molecule has 1 aliphatic heterocycles. The lowest BCUT2D eigenvalue weighted by Crippen LogP contribution is -2.43.